The molecule has 0 aromatic heterocycles. The normalized spacial score (nSPS) is 20.1. The first kappa shape index (κ1) is 31.0. The Hall–Kier alpha value is -1.06. The molecule has 0 spiro atoms. The van der Waals surface area contributed by atoms with Crippen molar-refractivity contribution in [1.82, 2.24) is 0 Å². The lowest BCUT2D eigenvalue weighted by atomic mass is 9.81. The Morgan fingerprint density at radius 3 is 1.82 bits per heavy atom. The van der Waals surface area contributed by atoms with Gasteiger partial charge in [-0.2, -0.15) is 0 Å². The SMILES string of the molecule is CCCCCCCCCCCCC(OC(=O)C1CCCC(C(=O)O)C1)C(CCC)CCCCC. The molecule has 0 radical (unpaired) electrons. The Labute approximate surface area is 211 Å². The molecule has 1 N–H and O–H groups in total. The number of hydrogen-bond donors (Lipinski definition) is 1. The minimum absolute atomic E-state index is 0.00329. The number of carbonyl (C=O) groups excluding carboxylic acids is 1. The second kappa shape index (κ2) is 20.2. The molecule has 0 heterocycles. The summed E-state index contributed by atoms with van der Waals surface area (Å²) in [5.74, 6) is -1.06. The van der Waals surface area contributed by atoms with Gasteiger partial charge in [0.15, 0.2) is 0 Å². The molecule has 1 saturated carbocycles. The molecule has 4 heteroatoms. The molecular weight excluding hydrogens is 424 g/mol. The number of carboxylic acids is 1. The first-order chi connectivity index (χ1) is 16.5. The fourth-order valence-corrected chi connectivity index (χ4v) is 5.64. The molecule has 0 aliphatic heterocycles. The Kier molecular flexibility index (Phi) is 18.4. The number of ether oxygens (including phenoxy) is 1. The van der Waals surface area contributed by atoms with Gasteiger partial charge in [-0.05, 0) is 50.9 Å². The van der Waals surface area contributed by atoms with Gasteiger partial charge in [-0.25, -0.2) is 0 Å². The van der Waals surface area contributed by atoms with Gasteiger partial charge in [0.1, 0.15) is 6.10 Å². The van der Waals surface area contributed by atoms with Gasteiger partial charge >= 0.3 is 11.9 Å². The van der Waals surface area contributed by atoms with E-state index in [1.54, 1.807) is 0 Å². The average molecular weight is 481 g/mol. The fourth-order valence-electron chi connectivity index (χ4n) is 5.64. The molecule has 0 aromatic rings. The number of esters is 1. The van der Waals surface area contributed by atoms with E-state index < -0.39 is 5.97 Å². The average Bonchev–Trinajstić information content (AvgIpc) is 2.84. The maximum Gasteiger partial charge on any atom is 0.309 e. The van der Waals surface area contributed by atoms with Crippen LogP contribution in [0.15, 0.2) is 0 Å². The summed E-state index contributed by atoms with van der Waals surface area (Å²) in [5, 5.41) is 9.40. The van der Waals surface area contributed by atoms with Crippen LogP contribution in [-0.4, -0.2) is 23.1 Å². The summed E-state index contributed by atoms with van der Waals surface area (Å²) in [4.78, 5) is 24.5. The predicted molar refractivity (Wildman–Crippen MR) is 142 cm³/mol. The van der Waals surface area contributed by atoms with Gasteiger partial charge in [-0.15, -0.1) is 0 Å². The number of aliphatic carboxylic acids is 1. The highest BCUT2D eigenvalue weighted by atomic mass is 16.5. The standard InChI is InChI=1S/C30H56O4/c1-4-7-9-10-11-12-13-14-15-17-23-28(25(19-6-3)20-16-8-5-2)34-30(33)27-22-18-21-26(24-27)29(31)32/h25-28H,4-24H2,1-3H3,(H,31,32). The number of rotatable bonds is 21. The van der Waals surface area contributed by atoms with E-state index in [0.29, 0.717) is 18.8 Å². The first-order valence-electron chi connectivity index (χ1n) is 15.0. The Morgan fingerprint density at radius 2 is 1.24 bits per heavy atom. The minimum atomic E-state index is -0.761. The maximum absolute atomic E-state index is 13.1. The molecule has 1 fully saturated rings. The van der Waals surface area contributed by atoms with E-state index >= 15 is 0 Å². The van der Waals surface area contributed by atoms with Crippen LogP contribution in [0.25, 0.3) is 0 Å². The Bertz CT molecular complexity index is 518. The Morgan fingerprint density at radius 1 is 0.706 bits per heavy atom. The molecule has 0 saturated heterocycles. The van der Waals surface area contributed by atoms with Crippen molar-refractivity contribution in [2.24, 2.45) is 17.8 Å². The van der Waals surface area contributed by atoms with E-state index in [4.69, 9.17) is 4.74 Å². The molecule has 200 valence electrons. The molecule has 1 aliphatic carbocycles. The van der Waals surface area contributed by atoms with Crippen LogP contribution in [0.5, 0.6) is 0 Å². The van der Waals surface area contributed by atoms with Crippen molar-refractivity contribution >= 4 is 11.9 Å². The van der Waals surface area contributed by atoms with Crippen molar-refractivity contribution in [3.05, 3.63) is 0 Å². The maximum atomic E-state index is 13.1. The van der Waals surface area contributed by atoms with Gasteiger partial charge in [-0.1, -0.05) is 111 Å². The van der Waals surface area contributed by atoms with Gasteiger partial charge in [0.2, 0.25) is 0 Å². The largest absolute Gasteiger partial charge is 0.481 e. The van der Waals surface area contributed by atoms with E-state index in [2.05, 4.69) is 20.8 Å². The first-order valence-corrected chi connectivity index (χ1v) is 15.0. The van der Waals surface area contributed by atoms with Crippen LogP contribution in [0.3, 0.4) is 0 Å². The van der Waals surface area contributed by atoms with Gasteiger partial charge in [0, 0.05) is 0 Å². The second-order valence-electron chi connectivity index (χ2n) is 10.9. The van der Waals surface area contributed by atoms with E-state index in [1.165, 1.54) is 77.0 Å². The molecule has 0 bridgehead atoms. The highest BCUT2D eigenvalue weighted by molar-refractivity contribution is 5.75. The van der Waals surface area contributed by atoms with E-state index in [1.807, 2.05) is 0 Å². The summed E-state index contributed by atoms with van der Waals surface area (Å²) >= 11 is 0. The summed E-state index contributed by atoms with van der Waals surface area (Å²) in [7, 11) is 0. The molecule has 0 amide bonds. The van der Waals surface area contributed by atoms with Crippen molar-refractivity contribution < 1.29 is 19.4 Å². The summed E-state index contributed by atoms with van der Waals surface area (Å²) in [6.07, 6.45) is 23.9. The lowest BCUT2D eigenvalue weighted by Crippen LogP contribution is -2.33. The van der Waals surface area contributed by atoms with Crippen LogP contribution in [0, 0.1) is 17.8 Å². The molecule has 34 heavy (non-hydrogen) atoms. The lowest BCUT2D eigenvalue weighted by Gasteiger charge is -2.31. The minimum Gasteiger partial charge on any atom is -0.481 e. The van der Waals surface area contributed by atoms with Crippen LogP contribution < -0.4 is 0 Å². The molecule has 0 aromatic carbocycles. The number of unbranched alkanes of at least 4 members (excludes halogenated alkanes) is 11. The zero-order valence-corrected chi connectivity index (χ0v) is 22.8. The van der Waals surface area contributed by atoms with E-state index in [-0.39, 0.29) is 23.9 Å². The van der Waals surface area contributed by atoms with Gasteiger partial charge in [0.05, 0.1) is 11.8 Å². The summed E-state index contributed by atoms with van der Waals surface area (Å²) < 4.78 is 6.21. The molecule has 4 atom stereocenters. The van der Waals surface area contributed by atoms with E-state index in [9.17, 15) is 14.7 Å². The Balaban J connectivity index is 2.55. The molecule has 4 nitrogen and oxygen atoms in total. The lowest BCUT2D eigenvalue weighted by molar-refractivity contribution is -0.160. The van der Waals surface area contributed by atoms with Crippen LogP contribution >= 0.6 is 0 Å². The zero-order valence-electron chi connectivity index (χ0n) is 22.8. The highest BCUT2D eigenvalue weighted by Crippen LogP contribution is 2.32. The predicted octanol–water partition coefficient (Wildman–Crippen LogP) is 9.10. The van der Waals surface area contributed by atoms with Crippen LogP contribution in [0.1, 0.15) is 156 Å². The van der Waals surface area contributed by atoms with Crippen LogP contribution in [-0.2, 0) is 14.3 Å². The van der Waals surface area contributed by atoms with Crippen molar-refractivity contribution in [1.29, 1.82) is 0 Å². The van der Waals surface area contributed by atoms with Crippen molar-refractivity contribution in [2.45, 2.75) is 162 Å². The fraction of sp³-hybridized carbons (Fsp3) is 0.933. The third kappa shape index (κ3) is 13.7. The molecule has 4 unspecified atom stereocenters. The highest BCUT2D eigenvalue weighted by Gasteiger charge is 2.34. The van der Waals surface area contributed by atoms with Crippen LogP contribution in [0.2, 0.25) is 0 Å². The molecule has 1 aliphatic rings. The smallest absolute Gasteiger partial charge is 0.309 e. The van der Waals surface area contributed by atoms with E-state index in [0.717, 1.165) is 44.9 Å². The third-order valence-corrected chi connectivity index (χ3v) is 7.83. The van der Waals surface area contributed by atoms with Crippen molar-refractivity contribution in [3.63, 3.8) is 0 Å². The monoisotopic (exact) mass is 480 g/mol. The van der Waals surface area contributed by atoms with Gasteiger partial charge in [0.25, 0.3) is 0 Å². The van der Waals surface area contributed by atoms with Gasteiger partial charge < -0.3 is 9.84 Å². The number of hydrogen-bond acceptors (Lipinski definition) is 3. The third-order valence-electron chi connectivity index (χ3n) is 7.83. The van der Waals surface area contributed by atoms with Gasteiger partial charge in [-0.3, -0.25) is 9.59 Å². The summed E-state index contributed by atoms with van der Waals surface area (Å²) in [5.41, 5.74) is 0. The quantitative estimate of drug-likeness (QED) is 0.131. The zero-order chi connectivity index (χ0) is 25.0. The second-order valence-corrected chi connectivity index (χ2v) is 10.9. The number of carboxylic acid groups (broad SMARTS) is 1. The summed E-state index contributed by atoms with van der Waals surface area (Å²) in [6.45, 7) is 6.73. The van der Waals surface area contributed by atoms with Crippen molar-refractivity contribution in [2.75, 3.05) is 0 Å². The van der Waals surface area contributed by atoms with Crippen molar-refractivity contribution in [3.8, 4) is 0 Å². The summed E-state index contributed by atoms with van der Waals surface area (Å²) in [6, 6.07) is 0. The molecule has 1 rings (SSSR count). The van der Waals surface area contributed by atoms with Crippen LogP contribution in [0.4, 0.5) is 0 Å². The number of carbonyl (C=O) groups is 2. The topological polar surface area (TPSA) is 63.6 Å². The molecular formula is C30H56O4.